The van der Waals surface area contributed by atoms with Crippen molar-refractivity contribution < 1.29 is 14.7 Å². The van der Waals surface area contributed by atoms with Gasteiger partial charge in [0, 0.05) is 11.8 Å². The third-order valence-electron chi connectivity index (χ3n) is 0.974. The Labute approximate surface area is 51.2 Å². The molecule has 0 bridgehead atoms. The van der Waals surface area contributed by atoms with E-state index in [4.69, 9.17) is 5.11 Å². The molecule has 0 saturated heterocycles. The second-order valence-corrected chi connectivity index (χ2v) is 1.65. The van der Waals surface area contributed by atoms with Gasteiger partial charge in [0.25, 0.3) is 5.91 Å². The van der Waals surface area contributed by atoms with Crippen molar-refractivity contribution in [1.29, 1.82) is 0 Å². The summed E-state index contributed by atoms with van der Waals surface area (Å²) >= 11 is 0. The lowest BCUT2D eigenvalue weighted by Gasteiger charge is -1.91. The summed E-state index contributed by atoms with van der Waals surface area (Å²) in [5, 5.41) is 10.5. The molecular formula is C5H5NO3. The van der Waals surface area contributed by atoms with Gasteiger partial charge in [0.1, 0.15) is 0 Å². The van der Waals surface area contributed by atoms with Crippen LogP contribution in [0.25, 0.3) is 0 Å². The Bertz CT molecular complexity index is 194. The fraction of sp³-hybridized carbons (Fsp3) is 0.200. The molecule has 0 atom stereocenters. The molecule has 2 N–H and O–H groups in total. The largest absolute Gasteiger partial charge is 0.390 e. The first kappa shape index (κ1) is 5.97. The second kappa shape index (κ2) is 1.99. The minimum atomic E-state index is -0.668. The molecular weight excluding hydrogens is 122 g/mol. The summed E-state index contributed by atoms with van der Waals surface area (Å²) in [5.74, 6) is -1.27. The van der Waals surface area contributed by atoms with E-state index in [1.54, 1.807) is 0 Å². The van der Waals surface area contributed by atoms with E-state index < -0.39 is 11.7 Å². The van der Waals surface area contributed by atoms with Crippen LogP contribution in [0.15, 0.2) is 11.8 Å². The Morgan fingerprint density at radius 3 is 2.44 bits per heavy atom. The predicted molar refractivity (Wildman–Crippen MR) is 28.3 cm³/mol. The Morgan fingerprint density at radius 1 is 1.56 bits per heavy atom. The summed E-state index contributed by atoms with van der Waals surface area (Å²) < 4.78 is 0. The third kappa shape index (κ3) is 0.972. The first-order valence-corrected chi connectivity index (χ1v) is 2.41. The molecule has 0 spiro atoms. The van der Waals surface area contributed by atoms with Crippen LogP contribution in [0.5, 0.6) is 0 Å². The fourth-order valence-corrected chi connectivity index (χ4v) is 0.552. The van der Waals surface area contributed by atoms with Crippen LogP contribution in [0.4, 0.5) is 0 Å². The summed E-state index contributed by atoms with van der Waals surface area (Å²) in [5.41, 5.74) is 0.269. The number of amides is 1. The van der Waals surface area contributed by atoms with Gasteiger partial charge in [-0.15, -0.1) is 0 Å². The van der Waals surface area contributed by atoms with Gasteiger partial charge >= 0.3 is 0 Å². The van der Waals surface area contributed by atoms with E-state index in [9.17, 15) is 9.59 Å². The number of aliphatic hydroxyl groups excluding tert-OH is 1. The molecule has 48 valence electrons. The van der Waals surface area contributed by atoms with E-state index >= 15 is 0 Å². The van der Waals surface area contributed by atoms with E-state index in [-0.39, 0.29) is 12.3 Å². The molecule has 9 heavy (non-hydrogen) atoms. The summed E-state index contributed by atoms with van der Waals surface area (Å²) in [6.45, 7) is -0.294. The maximum absolute atomic E-state index is 10.3. The van der Waals surface area contributed by atoms with Crippen molar-refractivity contribution in [1.82, 2.24) is 5.32 Å². The normalized spacial score (nSPS) is 17.7. The highest BCUT2D eigenvalue weighted by Crippen LogP contribution is 1.96. The average Bonchev–Trinajstić information content (AvgIpc) is 2.13. The summed E-state index contributed by atoms with van der Waals surface area (Å²) in [7, 11) is 0. The van der Waals surface area contributed by atoms with Crippen LogP contribution in [-0.4, -0.2) is 23.4 Å². The highest BCUT2D eigenvalue weighted by Gasteiger charge is 2.19. The van der Waals surface area contributed by atoms with Crippen LogP contribution < -0.4 is 5.32 Å². The zero-order chi connectivity index (χ0) is 6.85. The van der Waals surface area contributed by atoms with Crippen molar-refractivity contribution in [2.24, 2.45) is 0 Å². The molecule has 0 aromatic rings. The predicted octanol–water partition coefficient (Wildman–Crippen LogP) is -1.44. The molecule has 0 radical (unpaired) electrons. The standard InChI is InChI=1S/C5H5NO3/c7-2-3-1-4(8)5(9)6-3/h1,7H,2H2,(H,6,8,9). The molecule has 1 amide bonds. The van der Waals surface area contributed by atoms with E-state index in [0.717, 1.165) is 6.08 Å². The number of hydrogen-bond acceptors (Lipinski definition) is 3. The highest BCUT2D eigenvalue weighted by molar-refractivity contribution is 6.43. The SMILES string of the molecule is O=C1C=C(CO)NC1=O. The van der Waals surface area contributed by atoms with Gasteiger partial charge in [0.15, 0.2) is 0 Å². The van der Waals surface area contributed by atoms with E-state index in [0.29, 0.717) is 0 Å². The van der Waals surface area contributed by atoms with Crippen molar-refractivity contribution in [3.05, 3.63) is 11.8 Å². The summed E-state index contributed by atoms with van der Waals surface area (Å²) in [6, 6.07) is 0. The van der Waals surface area contributed by atoms with Gasteiger partial charge in [-0.05, 0) is 0 Å². The number of hydrogen-bond donors (Lipinski definition) is 2. The lowest BCUT2D eigenvalue weighted by Crippen LogP contribution is -2.21. The Morgan fingerprint density at radius 2 is 2.22 bits per heavy atom. The van der Waals surface area contributed by atoms with Gasteiger partial charge < -0.3 is 10.4 Å². The highest BCUT2D eigenvalue weighted by atomic mass is 16.3. The number of rotatable bonds is 1. The molecule has 0 fully saturated rings. The minimum absolute atomic E-state index is 0.269. The monoisotopic (exact) mass is 127 g/mol. The molecule has 4 heteroatoms. The molecule has 0 unspecified atom stereocenters. The van der Waals surface area contributed by atoms with Crippen LogP contribution in [-0.2, 0) is 9.59 Å². The average molecular weight is 127 g/mol. The Kier molecular flexibility index (Phi) is 1.32. The zero-order valence-electron chi connectivity index (χ0n) is 4.55. The maximum Gasteiger partial charge on any atom is 0.296 e. The van der Waals surface area contributed by atoms with Gasteiger partial charge in [0.2, 0.25) is 5.78 Å². The minimum Gasteiger partial charge on any atom is -0.390 e. The smallest absolute Gasteiger partial charge is 0.296 e. The molecule has 0 aromatic heterocycles. The van der Waals surface area contributed by atoms with Gasteiger partial charge in [-0.3, -0.25) is 9.59 Å². The van der Waals surface area contributed by atoms with Crippen LogP contribution in [0.2, 0.25) is 0 Å². The zero-order valence-corrected chi connectivity index (χ0v) is 4.55. The van der Waals surface area contributed by atoms with Crippen molar-refractivity contribution in [3.63, 3.8) is 0 Å². The number of carbonyl (C=O) groups excluding carboxylic acids is 2. The molecule has 1 rings (SSSR count). The molecule has 1 aliphatic heterocycles. The molecule has 4 nitrogen and oxygen atoms in total. The first-order valence-electron chi connectivity index (χ1n) is 2.41. The van der Waals surface area contributed by atoms with Gasteiger partial charge in [-0.2, -0.15) is 0 Å². The molecule has 1 heterocycles. The Balaban J connectivity index is 2.74. The molecule has 0 aromatic carbocycles. The maximum atomic E-state index is 10.3. The van der Waals surface area contributed by atoms with E-state index in [1.807, 2.05) is 0 Å². The number of ketones is 1. The van der Waals surface area contributed by atoms with Crippen LogP contribution >= 0.6 is 0 Å². The number of aliphatic hydroxyl groups is 1. The van der Waals surface area contributed by atoms with Crippen molar-refractivity contribution in [3.8, 4) is 0 Å². The topological polar surface area (TPSA) is 66.4 Å². The van der Waals surface area contributed by atoms with Crippen molar-refractivity contribution in [2.75, 3.05) is 6.61 Å². The van der Waals surface area contributed by atoms with Crippen molar-refractivity contribution in [2.45, 2.75) is 0 Å². The molecule has 0 saturated carbocycles. The fourth-order valence-electron chi connectivity index (χ4n) is 0.552. The van der Waals surface area contributed by atoms with Crippen LogP contribution in [0.3, 0.4) is 0 Å². The van der Waals surface area contributed by atoms with Crippen molar-refractivity contribution >= 4 is 11.7 Å². The lowest BCUT2D eigenvalue weighted by molar-refractivity contribution is -0.133. The number of carbonyl (C=O) groups is 2. The van der Waals surface area contributed by atoms with Crippen LogP contribution in [0, 0.1) is 0 Å². The lowest BCUT2D eigenvalue weighted by atomic mass is 10.4. The summed E-state index contributed by atoms with van der Waals surface area (Å²) in [6.07, 6.45) is 1.09. The van der Waals surface area contributed by atoms with E-state index in [2.05, 4.69) is 5.32 Å². The number of nitrogens with one attached hydrogen (secondary N) is 1. The summed E-state index contributed by atoms with van der Waals surface area (Å²) in [4.78, 5) is 20.7. The van der Waals surface area contributed by atoms with E-state index in [1.165, 1.54) is 0 Å². The van der Waals surface area contributed by atoms with Gasteiger partial charge in [-0.25, -0.2) is 0 Å². The van der Waals surface area contributed by atoms with Gasteiger partial charge in [0.05, 0.1) is 6.61 Å². The second-order valence-electron chi connectivity index (χ2n) is 1.65. The molecule has 1 aliphatic rings. The molecule has 0 aliphatic carbocycles. The third-order valence-corrected chi connectivity index (χ3v) is 0.974. The van der Waals surface area contributed by atoms with Gasteiger partial charge in [-0.1, -0.05) is 0 Å². The quantitative estimate of drug-likeness (QED) is 0.424. The van der Waals surface area contributed by atoms with Crippen LogP contribution in [0.1, 0.15) is 0 Å². The first-order chi connectivity index (χ1) is 4.24. The Hall–Kier alpha value is -1.16.